The van der Waals surface area contributed by atoms with Crippen molar-refractivity contribution in [3.05, 3.63) is 23.8 Å². The van der Waals surface area contributed by atoms with Gasteiger partial charge in [-0.3, -0.25) is 9.59 Å². The van der Waals surface area contributed by atoms with Crippen LogP contribution < -0.4 is 15.4 Å². The molecule has 0 unspecified atom stereocenters. The van der Waals surface area contributed by atoms with E-state index in [0.29, 0.717) is 36.6 Å². The van der Waals surface area contributed by atoms with E-state index in [9.17, 15) is 14.7 Å². The highest BCUT2D eigenvalue weighted by Gasteiger charge is 2.55. The summed E-state index contributed by atoms with van der Waals surface area (Å²) in [6, 6.07) is 5.02. The summed E-state index contributed by atoms with van der Waals surface area (Å²) in [6.07, 6.45) is 1.65. The molecule has 1 saturated carbocycles. The van der Waals surface area contributed by atoms with Crippen molar-refractivity contribution < 1.29 is 24.2 Å². The van der Waals surface area contributed by atoms with Gasteiger partial charge in [0.05, 0.1) is 17.4 Å². The van der Waals surface area contributed by atoms with Crippen LogP contribution in [0, 0.1) is 5.41 Å². The Morgan fingerprint density at radius 2 is 2.12 bits per heavy atom. The molecule has 3 aliphatic rings. The van der Waals surface area contributed by atoms with E-state index in [2.05, 4.69) is 10.6 Å². The van der Waals surface area contributed by atoms with Crippen LogP contribution >= 0.6 is 0 Å². The molecule has 1 spiro atoms. The summed E-state index contributed by atoms with van der Waals surface area (Å²) in [5.41, 5.74) is 0.627. The van der Waals surface area contributed by atoms with Gasteiger partial charge in [0.15, 0.2) is 12.4 Å². The number of hydrogen-bond donors (Lipinski definition) is 3. The molecule has 1 aromatic rings. The van der Waals surface area contributed by atoms with Crippen molar-refractivity contribution in [1.82, 2.24) is 5.32 Å². The molecule has 0 aromatic heterocycles. The fraction of sp³-hybridized carbons (Fsp3) is 0.529. The lowest BCUT2D eigenvalue weighted by atomic mass is 9.58. The summed E-state index contributed by atoms with van der Waals surface area (Å²) < 4.78 is 10.8. The molecule has 2 amide bonds. The molecule has 4 rings (SSSR count). The van der Waals surface area contributed by atoms with E-state index in [1.807, 2.05) is 0 Å². The van der Waals surface area contributed by atoms with Gasteiger partial charge in [0, 0.05) is 24.7 Å². The molecule has 0 radical (unpaired) electrons. The fourth-order valence-corrected chi connectivity index (χ4v) is 3.93. The molecule has 2 fully saturated rings. The molecule has 0 bridgehead atoms. The summed E-state index contributed by atoms with van der Waals surface area (Å²) in [5.74, 6) is -0.0791. The molecule has 7 nitrogen and oxygen atoms in total. The fourth-order valence-electron chi connectivity index (χ4n) is 3.93. The maximum absolute atomic E-state index is 12.7. The minimum atomic E-state index is -0.396. The first-order valence-electron chi connectivity index (χ1n) is 8.22. The summed E-state index contributed by atoms with van der Waals surface area (Å²) in [7, 11) is 0. The van der Waals surface area contributed by atoms with E-state index in [1.165, 1.54) is 0 Å². The Balaban J connectivity index is 1.53. The monoisotopic (exact) mass is 332 g/mol. The van der Waals surface area contributed by atoms with E-state index in [0.717, 1.165) is 12.8 Å². The highest BCUT2D eigenvalue weighted by Crippen LogP contribution is 2.49. The number of fused-ring (bicyclic) bond motifs is 1. The third-order valence-electron chi connectivity index (χ3n) is 5.43. The predicted octanol–water partition coefficient (Wildman–Crippen LogP) is 0.677. The Kier molecular flexibility index (Phi) is 3.69. The third kappa shape index (κ3) is 2.35. The van der Waals surface area contributed by atoms with Crippen LogP contribution in [0.15, 0.2) is 18.2 Å². The topological polar surface area (TPSA) is 96.9 Å². The molecule has 1 aromatic carbocycles. The average Bonchev–Trinajstić information content (AvgIpc) is 2.61. The van der Waals surface area contributed by atoms with Crippen molar-refractivity contribution in [3.63, 3.8) is 0 Å². The second kappa shape index (κ2) is 5.75. The summed E-state index contributed by atoms with van der Waals surface area (Å²) >= 11 is 0. The summed E-state index contributed by atoms with van der Waals surface area (Å²) in [5, 5.41) is 16.0. The first-order chi connectivity index (χ1) is 11.6. The SMILES string of the molecule is O=C1COc2c(cccc2C(=O)N[C@@H]2C[C@@H](O)C23CCOCC3)N1. The number of carbonyl (C=O) groups excluding carboxylic acids is 2. The van der Waals surface area contributed by atoms with Gasteiger partial charge in [0.25, 0.3) is 11.8 Å². The maximum Gasteiger partial charge on any atom is 0.262 e. The molecule has 2 heterocycles. The highest BCUT2D eigenvalue weighted by molar-refractivity contribution is 6.03. The Morgan fingerprint density at radius 1 is 1.33 bits per heavy atom. The Labute approximate surface area is 139 Å². The molecule has 7 heteroatoms. The number of benzene rings is 1. The molecule has 2 aliphatic heterocycles. The molecule has 3 N–H and O–H groups in total. The largest absolute Gasteiger partial charge is 0.481 e. The van der Waals surface area contributed by atoms with E-state index >= 15 is 0 Å². The van der Waals surface area contributed by atoms with Crippen LogP contribution in [0.5, 0.6) is 5.75 Å². The minimum absolute atomic E-state index is 0.0714. The number of aliphatic hydroxyl groups excluding tert-OH is 1. The normalized spacial score (nSPS) is 27.5. The number of nitrogens with one attached hydrogen (secondary N) is 2. The van der Waals surface area contributed by atoms with E-state index in [4.69, 9.17) is 9.47 Å². The average molecular weight is 332 g/mol. The van der Waals surface area contributed by atoms with Crippen molar-refractivity contribution in [2.24, 2.45) is 5.41 Å². The van der Waals surface area contributed by atoms with Crippen LogP contribution in [-0.4, -0.2) is 48.9 Å². The molecule has 1 aliphatic carbocycles. The van der Waals surface area contributed by atoms with Gasteiger partial charge in [-0.15, -0.1) is 0 Å². The van der Waals surface area contributed by atoms with E-state index < -0.39 is 6.10 Å². The number of anilines is 1. The van der Waals surface area contributed by atoms with Gasteiger partial charge in [-0.05, 0) is 31.4 Å². The van der Waals surface area contributed by atoms with Gasteiger partial charge in [-0.25, -0.2) is 0 Å². The zero-order valence-electron chi connectivity index (χ0n) is 13.2. The zero-order chi connectivity index (χ0) is 16.7. The van der Waals surface area contributed by atoms with Crippen LogP contribution in [0.2, 0.25) is 0 Å². The van der Waals surface area contributed by atoms with Gasteiger partial charge in [-0.1, -0.05) is 6.07 Å². The molecule has 128 valence electrons. The molecule has 1 saturated heterocycles. The van der Waals surface area contributed by atoms with Crippen molar-refractivity contribution >= 4 is 17.5 Å². The van der Waals surface area contributed by atoms with Gasteiger partial charge in [-0.2, -0.15) is 0 Å². The number of aliphatic hydroxyl groups is 1. The predicted molar refractivity (Wildman–Crippen MR) is 84.9 cm³/mol. The number of carbonyl (C=O) groups is 2. The lowest BCUT2D eigenvalue weighted by molar-refractivity contribution is -0.145. The molecule has 24 heavy (non-hydrogen) atoms. The van der Waals surface area contributed by atoms with Crippen LogP contribution in [0.1, 0.15) is 29.6 Å². The van der Waals surface area contributed by atoms with Crippen LogP contribution in [0.4, 0.5) is 5.69 Å². The van der Waals surface area contributed by atoms with Crippen LogP contribution in [-0.2, 0) is 9.53 Å². The van der Waals surface area contributed by atoms with Crippen molar-refractivity contribution in [1.29, 1.82) is 0 Å². The second-order valence-electron chi connectivity index (χ2n) is 6.64. The molecular weight excluding hydrogens is 312 g/mol. The number of rotatable bonds is 2. The first kappa shape index (κ1) is 15.4. The quantitative estimate of drug-likeness (QED) is 0.740. The van der Waals surface area contributed by atoms with E-state index in [-0.39, 0.29) is 29.9 Å². The van der Waals surface area contributed by atoms with Gasteiger partial charge >= 0.3 is 0 Å². The lowest BCUT2D eigenvalue weighted by Crippen LogP contribution is -2.65. The standard InChI is InChI=1S/C17H20N2O5/c20-13-8-12(17(13)4-6-23-7-5-17)19-16(22)10-2-1-3-11-15(10)24-9-14(21)18-11/h1-3,12-13,20H,4-9H2,(H,18,21)(H,19,22)/t12-,13-/m1/s1. The Morgan fingerprint density at radius 3 is 2.88 bits per heavy atom. The summed E-state index contributed by atoms with van der Waals surface area (Å²) in [6.45, 7) is 1.12. The minimum Gasteiger partial charge on any atom is -0.481 e. The number of amides is 2. The van der Waals surface area contributed by atoms with E-state index in [1.54, 1.807) is 18.2 Å². The zero-order valence-corrected chi connectivity index (χ0v) is 13.2. The van der Waals surface area contributed by atoms with Crippen molar-refractivity contribution in [2.75, 3.05) is 25.1 Å². The highest BCUT2D eigenvalue weighted by atomic mass is 16.5. The Hall–Kier alpha value is -2.12. The van der Waals surface area contributed by atoms with Gasteiger partial charge in [0.1, 0.15) is 0 Å². The van der Waals surface area contributed by atoms with Gasteiger partial charge in [0.2, 0.25) is 0 Å². The Bertz CT molecular complexity index is 684. The maximum atomic E-state index is 12.7. The van der Waals surface area contributed by atoms with Crippen LogP contribution in [0.25, 0.3) is 0 Å². The van der Waals surface area contributed by atoms with Crippen LogP contribution in [0.3, 0.4) is 0 Å². The third-order valence-corrected chi connectivity index (χ3v) is 5.43. The molecule has 2 atom stereocenters. The van der Waals surface area contributed by atoms with Crippen molar-refractivity contribution in [3.8, 4) is 5.75 Å². The summed E-state index contributed by atoms with van der Waals surface area (Å²) in [4.78, 5) is 24.1. The number of para-hydroxylation sites is 1. The number of hydrogen-bond acceptors (Lipinski definition) is 5. The first-order valence-corrected chi connectivity index (χ1v) is 8.22. The van der Waals surface area contributed by atoms with Crippen molar-refractivity contribution in [2.45, 2.75) is 31.4 Å². The smallest absolute Gasteiger partial charge is 0.262 e. The molecular formula is C17H20N2O5. The second-order valence-corrected chi connectivity index (χ2v) is 6.64. The number of ether oxygens (including phenoxy) is 2. The van der Waals surface area contributed by atoms with Gasteiger partial charge < -0.3 is 25.2 Å². The lowest BCUT2D eigenvalue weighted by Gasteiger charge is -2.55.